The molecule has 0 aromatic heterocycles. The van der Waals surface area contributed by atoms with Crippen LogP contribution in [-0.4, -0.2) is 36.3 Å². The van der Waals surface area contributed by atoms with Gasteiger partial charge in [0.2, 0.25) is 5.91 Å². The van der Waals surface area contributed by atoms with Crippen molar-refractivity contribution in [2.75, 3.05) is 13.6 Å². The van der Waals surface area contributed by atoms with E-state index in [2.05, 4.69) is 4.99 Å². The highest BCUT2D eigenvalue weighted by atomic mass is 16.2. The molecule has 1 unspecified atom stereocenters. The Bertz CT molecular complexity index is 187. The number of aliphatic imine (C=N–C) groups is 1. The number of nitrogens with two attached hydrogens (primary N) is 1. The summed E-state index contributed by atoms with van der Waals surface area (Å²) in [7, 11) is 1.72. The Balaban J connectivity index is 2.79. The van der Waals surface area contributed by atoms with E-state index in [1.54, 1.807) is 18.9 Å². The Morgan fingerprint density at radius 1 is 1.80 bits per heavy atom. The lowest BCUT2D eigenvalue weighted by molar-refractivity contribution is -0.130. The van der Waals surface area contributed by atoms with Gasteiger partial charge in [0.05, 0.1) is 6.54 Å². The molecule has 0 saturated heterocycles. The Hall–Kier alpha value is -1.06. The molecule has 10 heavy (non-hydrogen) atoms. The van der Waals surface area contributed by atoms with Gasteiger partial charge in [0.1, 0.15) is 11.9 Å². The molecule has 0 fully saturated rings. The average molecular weight is 141 g/mol. The topological polar surface area (TPSA) is 58.7 Å². The number of amidine groups is 1. The SMILES string of the molecule is CC1N=C(N)CN(C)C1=O. The Labute approximate surface area is 59.7 Å². The number of likely N-dealkylation sites (N-methyl/N-ethyl adjacent to an activating group) is 1. The lowest BCUT2D eigenvalue weighted by Crippen LogP contribution is -2.45. The van der Waals surface area contributed by atoms with Gasteiger partial charge in [-0.1, -0.05) is 0 Å². The van der Waals surface area contributed by atoms with Gasteiger partial charge >= 0.3 is 0 Å². The second kappa shape index (κ2) is 2.28. The van der Waals surface area contributed by atoms with Crippen molar-refractivity contribution in [3.8, 4) is 0 Å². The summed E-state index contributed by atoms with van der Waals surface area (Å²) in [5.74, 6) is 0.573. The Kier molecular flexibility index (Phi) is 1.61. The quantitative estimate of drug-likeness (QED) is 0.480. The van der Waals surface area contributed by atoms with Gasteiger partial charge < -0.3 is 10.6 Å². The van der Waals surface area contributed by atoms with Crippen molar-refractivity contribution in [3.05, 3.63) is 0 Å². The second-order valence-electron chi connectivity index (χ2n) is 2.49. The maximum Gasteiger partial charge on any atom is 0.247 e. The number of rotatable bonds is 0. The van der Waals surface area contributed by atoms with Crippen molar-refractivity contribution in [1.82, 2.24) is 4.90 Å². The molecule has 0 radical (unpaired) electrons. The van der Waals surface area contributed by atoms with E-state index in [-0.39, 0.29) is 11.9 Å². The molecule has 1 atom stereocenters. The molecular formula is C6H11N3O. The molecule has 0 aliphatic carbocycles. The summed E-state index contributed by atoms with van der Waals surface area (Å²) in [6, 6.07) is -0.293. The molecule has 0 aromatic carbocycles. The minimum Gasteiger partial charge on any atom is -0.386 e. The third-order valence-corrected chi connectivity index (χ3v) is 1.49. The minimum atomic E-state index is -0.293. The minimum absolute atomic E-state index is 0.0363. The fourth-order valence-corrected chi connectivity index (χ4v) is 0.985. The molecule has 0 spiro atoms. The van der Waals surface area contributed by atoms with Crippen LogP contribution in [0.1, 0.15) is 6.92 Å². The first-order chi connectivity index (χ1) is 4.61. The summed E-state index contributed by atoms with van der Waals surface area (Å²) in [5.41, 5.74) is 5.43. The van der Waals surface area contributed by atoms with Gasteiger partial charge in [-0.05, 0) is 6.92 Å². The molecule has 1 aliphatic heterocycles. The predicted molar refractivity (Wildman–Crippen MR) is 38.7 cm³/mol. The molecule has 2 N–H and O–H groups in total. The van der Waals surface area contributed by atoms with Gasteiger partial charge in [-0.2, -0.15) is 0 Å². The van der Waals surface area contributed by atoms with Gasteiger partial charge in [-0.15, -0.1) is 0 Å². The van der Waals surface area contributed by atoms with Crippen LogP contribution in [0.4, 0.5) is 0 Å². The first-order valence-corrected chi connectivity index (χ1v) is 3.18. The Morgan fingerprint density at radius 2 is 2.40 bits per heavy atom. The smallest absolute Gasteiger partial charge is 0.247 e. The summed E-state index contributed by atoms with van der Waals surface area (Å²) < 4.78 is 0. The van der Waals surface area contributed by atoms with Crippen molar-refractivity contribution < 1.29 is 4.79 Å². The van der Waals surface area contributed by atoms with Crippen LogP contribution in [-0.2, 0) is 4.79 Å². The highest BCUT2D eigenvalue weighted by Gasteiger charge is 2.21. The van der Waals surface area contributed by atoms with Gasteiger partial charge in [0.15, 0.2) is 0 Å². The molecule has 0 aromatic rings. The predicted octanol–water partition coefficient (Wildman–Crippen LogP) is -0.796. The lowest BCUT2D eigenvalue weighted by atomic mass is 10.2. The van der Waals surface area contributed by atoms with Crippen LogP contribution in [0.2, 0.25) is 0 Å². The van der Waals surface area contributed by atoms with Crippen molar-refractivity contribution in [3.63, 3.8) is 0 Å². The van der Waals surface area contributed by atoms with Crippen LogP contribution < -0.4 is 5.73 Å². The average Bonchev–Trinajstić information content (AvgIpc) is 1.82. The van der Waals surface area contributed by atoms with Crippen molar-refractivity contribution >= 4 is 11.7 Å². The van der Waals surface area contributed by atoms with E-state index in [0.717, 1.165) is 0 Å². The number of nitrogens with zero attached hydrogens (tertiary/aromatic N) is 2. The lowest BCUT2D eigenvalue weighted by Gasteiger charge is -2.23. The molecule has 4 nitrogen and oxygen atoms in total. The van der Waals surface area contributed by atoms with Gasteiger partial charge in [0, 0.05) is 7.05 Å². The van der Waals surface area contributed by atoms with Crippen molar-refractivity contribution in [2.45, 2.75) is 13.0 Å². The van der Waals surface area contributed by atoms with Crippen LogP contribution in [0.5, 0.6) is 0 Å². The van der Waals surface area contributed by atoms with E-state index in [0.29, 0.717) is 12.4 Å². The van der Waals surface area contributed by atoms with Crippen LogP contribution in [0.15, 0.2) is 4.99 Å². The molecule has 56 valence electrons. The number of hydrogen-bond acceptors (Lipinski definition) is 3. The largest absolute Gasteiger partial charge is 0.386 e. The summed E-state index contributed by atoms with van der Waals surface area (Å²) in [6.45, 7) is 2.20. The second-order valence-corrected chi connectivity index (χ2v) is 2.49. The van der Waals surface area contributed by atoms with Crippen LogP contribution >= 0.6 is 0 Å². The van der Waals surface area contributed by atoms with Gasteiger partial charge in [-0.25, -0.2) is 0 Å². The number of carbonyl (C=O) groups is 1. The number of hydrogen-bond donors (Lipinski definition) is 1. The monoisotopic (exact) mass is 141 g/mol. The number of amides is 1. The molecule has 1 amide bonds. The first kappa shape index (κ1) is 7.05. The Morgan fingerprint density at radius 3 is 2.90 bits per heavy atom. The fraction of sp³-hybridized carbons (Fsp3) is 0.667. The first-order valence-electron chi connectivity index (χ1n) is 3.18. The van der Waals surface area contributed by atoms with Crippen LogP contribution in [0.3, 0.4) is 0 Å². The maximum absolute atomic E-state index is 11.0. The summed E-state index contributed by atoms with van der Waals surface area (Å²) in [4.78, 5) is 16.5. The van der Waals surface area contributed by atoms with Crippen LogP contribution in [0.25, 0.3) is 0 Å². The van der Waals surface area contributed by atoms with E-state index in [4.69, 9.17) is 5.73 Å². The van der Waals surface area contributed by atoms with E-state index in [1.807, 2.05) is 0 Å². The zero-order valence-electron chi connectivity index (χ0n) is 6.16. The molecule has 4 heteroatoms. The standard InChI is InChI=1S/C6H11N3O/c1-4-6(10)9(2)3-5(7)8-4/h4H,3H2,1-2H3,(H2,7,8). The highest BCUT2D eigenvalue weighted by Crippen LogP contribution is 2.01. The summed E-state index contributed by atoms with van der Waals surface area (Å²) in [5, 5.41) is 0. The molecule has 1 aliphatic rings. The molecule has 0 saturated carbocycles. The molecule has 0 bridgehead atoms. The zero-order chi connectivity index (χ0) is 7.72. The number of carbonyl (C=O) groups excluding carboxylic acids is 1. The fourth-order valence-electron chi connectivity index (χ4n) is 0.985. The van der Waals surface area contributed by atoms with E-state index < -0.39 is 0 Å². The van der Waals surface area contributed by atoms with E-state index in [9.17, 15) is 4.79 Å². The molecule has 1 heterocycles. The summed E-state index contributed by atoms with van der Waals surface area (Å²) in [6.07, 6.45) is 0. The van der Waals surface area contributed by atoms with Crippen molar-refractivity contribution in [1.29, 1.82) is 0 Å². The van der Waals surface area contributed by atoms with E-state index >= 15 is 0 Å². The van der Waals surface area contributed by atoms with E-state index in [1.165, 1.54) is 0 Å². The normalized spacial score (nSPS) is 26.6. The van der Waals surface area contributed by atoms with Gasteiger partial charge in [-0.3, -0.25) is 9.79 Å². The summed E-state index contributed by atoms with van der Waals surface area (Å²) >= 11 is 0. The molecular weight excluding hydrogens is 130 g/mol. The zero-order valence-corrected chi connectivity index (χ0v) is 6.16. The highest BCUT2D eigenvalue weighted by molar-refractivity contribution is 5.94. The third-order valence-electron chi connectivity index (χ3n) is 1.49. The third kappa shape index (κ3) is 1.10. The maximum atomic E-state index is 11.0. The molecule has 1 rings (SSSR count). The van der Waals surface area contributed by atoms with Gasteiger partial charge in [0.25, 0.3) is 0 Å². The van der Waals surface area contributed by atoms with Crippen LogP contribution in [0, 0.1) is 0 Å². The van der Waals surface area contributed by atoms with Crippen molar-refractivity contribution in [2.24, 2.45) is 10.7 Å².